The molecule has 4 heteroatoms. The molecule has 0 bridgehead atoms. The van der Waals surface area contributed by atoms with Gasteiger partial charge in [0.15, 0.2) is 0 Å². The highest BCUT2D eigenvalue weighted by Gasteiger charge is 2.04. The van der Waals surface area contributed by atoms with Gasteiger partial charge in [-0.25, -0.2) is 0 Å². The summed E-state index contributed by atoms with van der Waals surface area (Å²) in [6.07, 6.45) is 0. The van der Waals surface area contributed by atoms with E-state index in [1.165, 1.54) is 5.56 Å². The summed E-state index contributed by atoms with van der Waals surface area (Å²) in [6.45, 7) is 8.16. The largest absolute Gasteiger partial charge is 0.399 e. The van der Waals surface area contributed by atoms with Crippen molar-refractivity contribution in [2.45, 2.75) is 27.7 Å². The molecule has 0 unspecified atom stereocenters. The first-order chi connectivity index (χ1) is 9.00. The molecule has 0 saturated carbocycles. The smallest absolute Gasteiger partial charge is 0.0890 e. The number of hydrogen-bond acceptors (Lipinski definition) is 3. The van der Waals surface area contributed by atoms with Crippen LogP contribution in [-0.2, 0) is 0 Å². The Morgan fingerprint density at radius 2 is 1.35 bits per heavy atom. The van der Waals surface area contributed by atoms with E-state index in [1.54, 1.807) is 0 Å². The number of azo groups is 1. The number of anilines is 1. The Bertz CT molecular complexity index is 648. The number of hydrogen-bond donors (Lipinski definition) is 1. The first-order valence-electron chi connectivity index (χ1n) is 6.34. The fraction of sp³-hybridized carbons (Fsp3) is 0.250. The number of aryl methyl sites for hydroxylation is 1. The molecular weight excluding hydrogens is 270 g/mol. The van der Waals surface area contributed by atoms with Crippen molar-refractivity contribution in [1.82, 2.24) is 0 Å². The maximum absolute atomic E-state index is 5.87. The average Bonchev–Trinajstić information content (AvgIpc) is 2.40. The molecule has 3 nitrogen and oxygen atoms in total. The molecule has 0 aromatic heterocycles. The molecular formula is C16H20ClN3. The Balaban J connectivity index is 0.00000200. The lowest BCUT2D eigenvalue weighted by Gasteiger charge is -2.07. The molecule has 0 heterocycles. The summed E-state index contributed by atoms with van der Waals surface area (Å²) < 4.78 is 0. The second-order valence-electron chi connectivity index (χ2n) is 4.84. The van der Waals surface area contributed by atoms with Crippen LogP contribution in [0.3, 0.4) is 0 Å². The average molecular weight is 290 g/mol. The van der Waals surface area contributed by atoms with Gasteiger partial charge in [-0.1, -0.05) is 12.1 Å². The summed E-state index contributed by atoms with van der Waals surface area (Å²) in [4.78, 5) is 0. The Hall–Kier alpha value is -1.87. The zero-order chi connectivity index (χ0) is 14.0. The monoisotopic (exact) mass is 289 g/mol. The van der Waals surface area contributed by atoms with Crippen LogP contribution in [0.25, 0.3) is 0 Å². The minimum Gasteiger partial charge on any atom is -0.399 e. The number of nitrogen functional groups attached to an aromatic ring is 1. The molecule has 0 fully saturated rings. The molecule has 0 aliphatic heterocycles. The van der Waals surface area contributed by atoms with Crippen molar-refractivity contribution in [3.05, 3.63) is 52.6 Å². The van der Waals surface area contributed by atoms with Crippen LogP contribution >= 0.6 is 12.4 Å². The summed E-state index contributed by atoms with van der Waals surface area (Å²) in [6, 6.07) is 9.84. The third-order valence-electron chi connectivity index (χ3n) is 3.64. The molecule has 2 aromatic rings. The second-order valence-corrected chi connectivity index (χ2v) is 4.84. The maximum atomic E-state index is 5.87. The van der Waals surface area contributed by atoms with E-state index >= 15 is 0 Å². The predicted molar refractivity (Wildman–Crippen MR) is 87.7 cm³/mol. The van der Waals surface area contributed by atoms with E-state index in [4.69, 9.17) is 5.73 Å². The molecule has 0 atom stereocenters. The van der Waals surface area contributed by atoms with Crippen LogP contribution in [-0.4, -0.2) is 0 Å². The quantitative estimate of drug-likeness (QED) is 0.589. The van der Waals surface area contributed by atoms with Crippen LogP contribution < -0.4 is 5.73 Å². The normalized spacial score (nSPS) is 10.6. The predicted octanol–water partition coefficient (Wildman–Crippen LogP) is 5.34. The highest BCUT2D eigenvalue weighted by atomic mass is 35.5. The van der Waals surface area contributed by atoms with Crippen LogP contribution in [0.2, 0.25) is 0 Å². The molecule has 0 spiro atoms. The summed E-state index contributed by atoms with van der Waals surface area (Å²) in [5, 5.41) is 8.70. The molecule has 0 aliphatic rings. The lowest BCUT2D eigenvalue weighted by atomic mass is 10.1. The fourth-order valence-electron chi connectivity index (χ4n) is 1.89. The standard InChI is InChI=1S/C16H19N3.ClH/c1-10-6-5-7-15(11(10)2)18-19-16-9-8-14(17)12(3)13(16)4;/h5-9H,17H2,1-4H3;1H. The van der Waals surface area contributed by atoms with Gasteiger partial charge in [-0.3, -0.25) is 0 Å². The van der Waals surface area contributed by atoms with Gasteiger partial charge in [0, 0.05) is 5.69 Å². The van der Waals surface area contributed by atoms with Gasteiger partial charge in [-0.2, -0.15) is 10.2 Å². The van der Waals surface area contributed by atoms with Crippen molar-refractivity contribution < 1.29 is 0 Å². The topological polar surface area (TPSA) is 50.7 Å². The number of halogens is 1. The lowest BCUT2D eigenvalue weighted by molar-refractivity contribution is 1.17. The second kappa shape index (κ2) is 6.53. The van der Waals surface area contributed by atoms with Crippen LogP contribution in [0.4, 0.5) is 17.1 Å². The molecule has 0 aliphatic carbocycles. The van der Waals surface area contributed by atoms with Crippen LogP contribution in [0, 0.1) is 27.7 Å². The van der Waals surface area contributed by atoms with Crippen LogP contribution in [0.1, 0.15) is 22.3 Å². The fourth-order valence-corrected chi connectivity index (χ4v) is 1.89. The van der Waals surface area contributed by atoms with Gasteiger partial charge in [0.2, 0.25) is 0 Å². The van der Waals surface area contributed by atoms with Crippen molar-refractivity contribution in [1.29, 1.82) is 0 Å². The third-order valence-corrected chi connectivity index (χ3v) is 3.64. The Labute approximate surface area is 126 Å². The summed E-state index contributed by atoms with van der Waals surface area (Å²) in [5.74, 6) is 0. The van der Waals surface area contributed by atoms with Gasteiger partial charge in [0.05, 0.1) is 11.4 Å². The molecule has 0 radical (unpaired) electrons. The number of rotatable bonds is 2. The van der Waals surface area contributed by atoms with E-state index < -0.39 is 0 Å². The summed E-state index contributed by atoms with van der Waals surface area (Å²) in [5.41, 5.74) is 13.0. The van der Waals surface area contributed by atoms with E-state index in [0.29, 0.717) is 0 Å². The molecule has 0 amide bonds. The number of nitrogens with two attached hydrogens (primary N) is 1. The minimum atomic E-state index is 0. The van der Waals surface area contributed by atoms with E-state index in [0.717, 1.165) is 33.8 Å². The Kier molecular flexibility index (Phi) is 5.28. The van der Waals surface area contributed by atoms with Gasteiger partial charge < -0.3 is 5.73 Å². The number of nitrogens with zero attached hydrogens (tertiary/aromatic N) is 2. The molecule has 2 N–H and O–H groups in total. The first-order valence-corrected chi connectivity index (χ1v) is 6.34. The van der Waals surface area contributed by atoms with Crippen LogP contribution in [0.15, 0.2) is 40.6 Å². The molecule has 2 rings (SSSR count). The molecule has 0 saturated heterocycles. The molecule has 20 heavy (non-hydrogen) atoms. The number of benzene rings is 2. The highest BCUT2D eigenvalue weighted by molar-refractivity contribution is 5.85. The zero-order valence-electron chi connectivity index (χ0n) is 12.3. The highest BCUT2D eigenvalue weighted by Crippen LogP contribution is 2.29. The minimum absolute atomic E-state index is 0. The van der Waals surface area contributed by atoms with Gasteiger partial charge in [0.1, 0.15) is 0 Å². The van der Waals surface area contributed by atoms with Gasteiger partial charge in [0.25, 0.3) is 0 Å². The van der Waals surface area contributed by atoms with Crippen molar-refractivity contribution in [2.24, 2.45) is 10.2 Å². The van der Waals surface area contributed by atoms with E-state index in [9.17, 15) is 0 Å². The Morgan fingerprint density at radius 1 is 0.750 bits per heavy atom. The van der Waals surface area contributed by atoms with Gasteiger partial charge in [-0.05, 0) is 68.1 Å². The lowest BCUT2D eigenvalue weighted by Crippen LogP contribution is -1.91. The molecule has 106 valence electrons. The van der Waals surface area contributed by atoms with Crippen molar-refractivity contribution in [2.75, 3.05) is 5.73 Å². The van der Waals surface area contributed by atoms with E-state index in [2.05, 4.69) is 30.1 Å². The summed E-state index contributed by atoms with van der Waals surface area (Å²) in [7, 11) is 0. The maximum Gasteiger partial charge on any atom is 0.0890 e. The van der Waals surface area contributed by atoms with Crippen LogP contribution in [0.5, 0.6) is 0 Å². The van der Waals surface area contributed by atoms with E-state index in [-0.39, 0.29) is 12.4 Å². The SMILES string of the molecule is Cc1cccc(N=Nc2ccc(N)c(C)c2C)c1C.Cl. The zero-order valence-corrected chi connectivity index (χ0v) is 13.1. The first kappa shape index (κ1) is 16.2. The van der Waals surface area contributed by atoms with Crippen molar-refractivity contribution >= 4 is 29.5 Å². The van der Waals surface area contributed by atoms with Crippen molar-refractivity contribution in [3.8, 4) is 0 Å². The van der Waals surface area contributed by atoms with Gasteiger partial charge >= 0.3 is 0 Å². The molecule has 2 aromatic carbocycles. The summed E-state index contributed by atoms with van der Waals surface area (Å²) >= 11 is 0. The van der Waals surface area contributed by atoms with E-state index in [1.807, 2.05) is 38.1 Å². The Morgan fingerprint density at radius 3 is 2.00 bits per heavy atom. The van der Waals surface area contributed by atoms with Gasteiger partial charge in [-0.15, -0.1) is 12.4 Å². The van der Waals surface area contributed by atoms with Crippen molar-refractivity contribution in [3.63, 3.8) is 0 Å². The third kappa shape index (κ3) is 3.17.